The molecule has 52 heavy (non-hydrogen) atoms. The zero-order valence-electron chi connectivity index (χ0n) is 30.4. The van der Waals surface area contributed by atoms with Crippen LogP contribution >= 0.6 is 0 Å². The van der Waals surface area contributed by atoms with E-state index in [4.69, 9.17) is 14.2 Å². The van der Waals surface area contributed by atoms with Gasteiger partial charge in [-0.25, -0.2) is 8.42 Å². The van der Waals surface area contributed by atoms with E-state index in [0.717, 1.165) is 53.1 Å². The van der Waals surface area contributed by atoms with Crippen LogP contribution in [0.15, 0.2) is 102 Å². The maximum absolute atomic E-state index is 14.9. The zero-order valence-corrected chi connectivity index (χ0v) is 31.2. The number of anilines is 1. The fourth-order valence-electron chi connectivity index (χ4n) is 6.61. The van der Waals surface area contributed by atoms with Crippen LogP contribution in [0.25, 0.3) is 0 Å². The van der Waals surface area contributed by atoms with E-state index in [2.05, 4.69) is 5.32 Å². The Bertz CT molecular complexity index is 1900. The summed E-state index contributed by atoms with van der Waals surface area (Å²) in [6.07, 6.45) is 5.21. The molecule has 0 heterocycles. The SMILES string of the molecule is CCOc1ccc(N(CC(=O)N(Cc2cccc(C)c2)C(Cc2ccccc2)C(=O)NC2CCCCC2)S(=O)(=O)c2ccc(OC)c(OC)c2)cc1. The number of carbonyl (C=O) groups excluding carboxylic acids is 2. The van der Waals surface area contributed by atoms with E-state index in [1.807, 2.05) is 68.4 Å². The van der Waals surface area contributed by atoms with E-state index < -0.39 is 28.5 Å². The summed E-state index contributed by atoms with van der Waals surface area (Å²) in [5.41, 5.74) is 2.97. The highest BCUT2D eigenvalue weighted by Gasteiger charge is 2.36. The van der Waals surface area contributed by atoms with Gasteiger partial charge < -0.3 is 24.4 Å². The van der Waals surface area contributed by atoms with E-state index in [9.17, 15) is 18.0 Å². The second-order valence-corrected chi connectivity index (χ2v) is 14.9. The van der Waals surface area contributed by atoms with E-state index in [1.54, 1.807) is 24.3 Å². The Kier molecular flexibility index (Phi) is 13.2. The molecule has 10 nitrogen and oxygen atoms in total. The molecule has 1 N–H and O–H groups in total. The Hall–Kier alpha value is -5.03. The van der Waals surface area contributed by atoms with E-state index in [1.165, 1.54) is 37.3 Å². The number of benzene rings is 4. The van der Waals surface area contributed by atoms with Crippen molar-refractivity contribution in [3.63, 3.8) is 0 Å². The lowest BCUT2D eigenvalue weighted by Crippen LogP contribution is -2.55. The van der Waals surface area contributed by atoms with Crippen LogP contribution in [-0.2, 0) is 32.6 Å². The van der Waals surface area contributed by atoms with Crippen molar-refractivity contribution in [1.29, 1.82) is 0 Å². The first-order chi connectivity index (χ1) is 25.1. The summed E-state index contributed by atoms with van der Waals surface area (Å²) in [5, 5.41) is 3.25. The van der Waals surface area contributed by atoms with Gasteiger partial charge in [-0.3, -0.25) is 13.9 Å². The number of nitrogens with one attached hydrogen (secondary N) is 1. The summed E-state index contributed by atoms with van der Waals surface area (Å²) in [7, 11) is -1.47. The van der Waals surface area contributed by atoms with Crippen LogP contribution in [0.2, 0.25) is 0 Å². The molecule has 2 amide bonds. The molecule has 5 rings (SSSR count). The Morgan fingerprint density at radius 3 is 2.17 bits per heavy atom. The molecule has 0 radical (unpaired) electrons. The minimum absolute atomic E-state index is 0.0150. The van der Waals surface area contributed by atoms with Crippen LogP contribution < -0.4 is 23.8 Å². The van der Waals surface area contributed by atoms with Crippen molar-refractivity contribution in [3.8, 4) is 17.2 Å². The summed E-state index contributed by atoms with van der Waals surface area (Å²) in [4.78, 5) is 30.7. The van der Waals surface area contributed by atoms with Gasteiger partial charge in [-0.05, 0) is 74.2 Å². The summed E-state index contributed by atoms with van der Waals surface area (Å²) in [6, 6.07) is 27.3. The topological polar surface area (TPSA) is 114 Å². The van der Waals surface area contributed by atoms with Crippen molar-refractivity contribution >= 4 is 27.5 Å². The molecule has 0 bridgehead atoms. The van der Waals surface area contributed by atoms with E-state index in [0.29, 0.717) is 18.1 Å². The number of rotatable bonds is 16. The largest absolute Gasteiger partial charge is 0.494 e. The van der Waals surface area contributed by atoms with Gasteiger partial charge >= 0.3 is 0 Å². The van der Waals surface area contributed by atoms with Crippen LogP contribution in [-0.4, -0.2) is 64.6 Å². The fraction of sp³-hybridized carbons (Fsp3) is 0.366. The van der Waals surface area contributed by atoms with Crippen LogP contribution in [0.3, 0.4) is 0 Å². The monoisotopic (exact) mass is 727 g/mol. The molecular weight excluding hydrogens is 679 g/mol. The molecule has 1 fully saturated rings. The Morgan fingerprint density at radius 1 is 0.827 bits per heavy atom. The Balaban J connectivity index is 1.59. The average molecular weight is 728 g/mol. The van der Waals surface area contributed by atoms with Gasteiger partial charge in [0.25, 0.3) is 10.0 Å². The molecule has 4 aromatic rings. The molecule has 0 spiro atoms. The molecular formula is C41H49N3O7S. The lowest BCUT2D eigenvalue weighted by molar-refractivity contribution is -0.140. The standard InChI is InChI=1S/C41H49N3O7S/c1-5-51-35-21-19-34(20-22-35)44(52(47,48)36-23-24-38(49-3)39(27-36)50-4)29-40(45)43(28-32-16-12-13-30(2)25-32)37(26-31-14-8-6-9-15-31)41(46)42-33-17-10-7-11-18-33/h6,8-9,12-16,19-25,27,33,37H,5,7,10-11,17-18,26,28-29H2,1-4H3,(H,42,46). The van der Waals surface area contributed by atoms with Crippen LogP contribution in [0.1, 0.15) is 55.7 Å². The number of nitrogens with zero attached hydrogens (tertiary/aromatic N) is 2. The van der Waals surface area contributed by atoms with Crippen molar-refractivity contribution in [3.05, 3.63) is 114 Å². The third-order valence-electron chi connectivity index (χ3n) is 9.32. The van der Waals surface area contributed by atoms with Crippen LogP contribution in [0.4, 0.5) is 5.69 Å². The van der Waals surface area contributed by atoms with Crippen LogP contribution in [0.5, 0.6) is 17.2 Å². The van der Waals surface area contributed by atoms with Gasteiger partial charge in [0.1, 0.15) is 18.3 Å². The van der Waals surface area contributed by atoms with Gasteiger partial charge in [0.2, 0.25) is 11.8 Å². The number of methoxy groups -OCH3 is 2. The van der Waals surface area contributed by atoms with Gasteiger partial charge in [-0.15, -0.1) is 0 Å². The first-order valence-corrected chi connectivity index (χ1v) is 19.2. The lowest BCUT2D eigenvalue weighted by atomic mass is 9.94. The van der Waals surface area contributed by atoms with Gasteiger partial charge in [0, 0.05) is 25.1 Å². The van der Waals surface area contributed by atoms with Crippen molar-refractivity contribution < 1.29 is 32.2 Å². The van der Waals surface area contributed by atoms with Gasteiger partial charge in [-0.1, -0.05) is 79.4 Å². The molecule has 0 aromatic heterocycles. The molecule has 1 aliphatic carbocycles. The highest BCUT2D eigenvalue weighted by molar-refractivity contribution is 7.92. The van der Waals surface area contributed by atoms with E-state index >= 15 is 0 Å². The first kappa shape index (κ1) is 38.2. The molecule has 11 heteroatoms. The van der Waals surface area contributed by atoms with Gasteiger partial charge in [-0.2, -0.15) is 0 Å². The quantitative estimate of drug-likeness (QED) is 0.137. The second kappa shape index (κ2) is 17.9. The summed E-state index contributed by atoms with van der Waals surface area (Å²) in [6.45, 7) is 3.79. The molecule has 276 valence electrons. The zero-order chi connectivity index (χ0) is 37.1. The second-order valence-electron chi connectivity index (χ2n) is 13.0. The molecule has 1 aliphatic rings. The predicted octanol–water partition coefficient (Wildman–Crippen LogP) is 6.70. The summed E-state index contributed by atoms with van der Waals surface area (Å²) < 4.78 is 46.6. The third kappa shape index (κ3) is 9.64. The highest BCUT2D eigenvalue weighted by Crippen LogP contribution is 2.33. The average Bonchev–Trinajstić information content (AvgIpc) is 3.16. The number of hydrogen-bond donors (Lipinski definition) is 1. The van der Waals surface area contributed by atoms with Crippen molar-refractivity contribution in [1.82, 2.24) is 10.2 Å². The first-order valence-electron chi connectivity index (χ1n) is 17.8. The van der Waals surface area contributed by atoms with Gasteiger partial charge in [0.05, 0.1) is 31.4 Å². The minimum atomic E-state index is -4.36. The summed E-state index contributed by atoms with van der Waals surface area (Å²) in [5.74, 6) is 0.364. The molecule has 0 saturated heterocycles. The minimum Gasteiger partial charge on any atom is -0.494 e. The molecule has 0 aliphatic heterocycles. The number of sulfonamides is 1. The lowest BCUT2D eigenvalue weighted by Gasteiger charge is -2.35. The number of ether oxygens (including phenoxy) is 3. The number of carbonyl (C=O) groups is 2. The molecule has 4 aromatic carbocycles. The van der Waals surface area contributed by atoms with Crippen molar-refractivity contribution in [2.45, 2.75) is 75.9 Å². The number of amides is 2. The molecule has 1 atom stereocenters. The molecule has 1 saturated carbocycles. The van der Waals surface area contributed by atoms with Crippen LogP contribution in [0, 0.1) is 6.92 Å². The predicted molar refractivity (Wildman–Crippen MR) is 202 cm³/mol. The normalized spacial score (nSPS) is 13.8. The maximum Gasteiger partial charge on any atom is 0.264 e. The van der Waals surface area contributed by atoms with Crippen molar-refractivity contribution in [2.24, 2.45) is 0 Å². The maximum atomic E-state index is 14.9. The number of aryl methyl sites for hydroxylation is 1. The van der Waals surface area contributed by atoms with Gasteiger partial charge in [0.15, 0.2) is 11.5 Å². The van der Waals surface area contributed by atoms with Crippen molar-refractivity contribution in [2.75, 3.05) is 31.7 Å². The smallest absolute Gasteiger partial charge is 0.264 e. The Morgan fingerprint density at radius 2 is 1.52 bits per heavy atom. The molecule has 1 unspecified atom stereocenters. The van der Waals surface area contributed by atoms with E-state index in [-0.39, 0.29) is 41.2 Å². The highest BCUT2D eigenvalue weighted by atomic mass is 32.2. The fourth-order valence-corrected chi connectivity index (χ4v) is 8.04. The third-order valence-corrected chi connectivity index (χ3v) is 11.1. The number of hydrogen-bond acceptors (Lipinski definition) is 7. The Labute approximate surface area is 307 Å². The summed E-state index contributed by atoms with van der Waals surface area (Å²) >= 11 is 0.